The van der Waals surface area contributed by atoms with Crippen LogP contribution in [0.3, 0.4) is 0 Å². The average molecular weight is 318 g/mol. The first-order valence-electron chi connectivity index (χ1n) is 7.30. The number of esters is 1. The molecule has 1 aliphatic heterocycles. The summed E-state index contributed by atoms with van der Waals surface area (Å²) in [5, 5.41) is 2.07. The van der Waals surface area contributed by atoms with Gasteiger partial charge in [-0.1, -0.05) is 37.3 Å². The molecule has 1 heterocycles. The molecular formula is C16H18N2O5. The van der Waals surface area contributed by atoms with E-state index in [1.165, 1.54) is 7.05 Å². The van der Waals surface area contributed by atoms with Gasteiger partial charge in [0.05, 0.1) is 0 Å². The Labute approximate surface area is 133 Å². The molecule has 1 unspecified atom stereocenters. The molecule has 0 aliphatic carbocycles. The number of amides is 4. The Kier molecular flexibility index (Phi) is 4.78. The number of rotatable bonds is 5. The summed E-state index contributed by atoms with van der Waals surface area (Å²) in [6.45, 7) is 1.56. The van der Waals surface area contributed by atoms with Gasteiger partial charge in [-0.3, -0.25) is 24.6 Å². The highest BCUT2D eigenvalue weighted by Crippen LogP contribution is 2.26. The van der Waals surface area contributed by atoms with Gasteiger partial charge in [0.2, 0.25) is 0 Å². The van der Waals surface area contributed by atoms with E-state index in [1.54, 1.807) is 6.92 Å². The number of imide groups is 2. The van der Waals surface area contributed by atoms with Crippen molar-refractivity contribution in [3.8, 4) is 0 Å². The number of hydrogen-bond acceptors (Lipinski definition) is 5. The molecule has 1 saturated heterocycles. The molecule has 0 aromatic heterocycles. The average Bonchev–Trinajstić information content (AvgIpc) is 2.56. The third-order valence-corrected chi connectivity index (χ3v) is 3.73. The first-order chi connectivity index (χ1) is 10.9. The van der Waals surface area contributed by atoms with E-state index in [4.69, 9.17) is 4.74 Å². The largest absolute Gasteiger partial charge is 0.439 e. The van der Waals surface area contributed by atoms with Crippen LogP contribution in [0.4, 0.5) is 4.79 Å². The SMILES string of the molecule is CCC(=O)OC1(CCc2ccccc2)C(=O)NC(=O)N(C)C1=O. The maximum atomic E-state index is 12.5. The lowest BCUT2D eigenvalue weighted by Crippen LogP contribution is -2.68. The predicted octanol–water partition coefficient (Wildman–Crippen LogP) is 1.02. The summed E-state index contributed by atoms with van der Waals surface area (Å²) in [6, 6.07) is 8.37. The molecule has 2 rings (SSSR count). The Morgan fingerprint density at radius 2 is 1.87 bits per heavy atom. The second-order valence-electron chi connectivity index (χ2n) is 5.26. The lowest BCUT2D eigenvalue weighted by molar-refractivity contribution is -0.180. The van der Waals surface area contributed by atoms with Gasteiger partial charge in [-0.15, -0.1) is 0 Å². The zero-order chi connectivity index (χ0) is 17.0. The lowest BCUT2D eigenvalue weighted by Gasteiger charge is -2.37. The summed E-state index contributed by atoms with van der Waals surface area (Å²) >= 11 is 0. The van der Waals surface area contributed by atoms with Crippen LogP contribution in [0.2, 0.25) is 0 Å². The number of nitrogens with one attached hydrogen (secondary N) is 1. The number of barbiturate groups is 1. The van der Waals surface area contributed by atoms with E-state index in [1.807, 2.05) is 30.3 Å². The summed E-state index contributed by atoms with van der Waals surface area (Å²) in [4.78, 5) is 48.8. The van der Waals surface area contributed by atoms with Gasteiger partial charge in [-0.2, -0.15) is 0 Å². The highest BCUT2D eigenvalue weighted by Gasteiger charge is 2.55. The van der Waals surface area contributed by atoms with E-state index >= 15 is 0 Å². The first kappa shape index (κ1) is 16.7. The van der Waals surface area contributed by atoms with Crippen LogP contribution in [-0.2, 0) is 25.5 Å². The van der Waals surface area contributed by atoms with Crippen molar-refractivity contribution in [3.63, 3.8) is 0 Å². The molecule has 122 valence electrons. The molecule has 0 saturated carbocycles. The van der Waals surface area contributed by atoms with Crippen molar-refractivity contribution in [1.82, 2.24) is 10.2 Å². The minimum atomic E-state index is -2.01. The molecule has 1 atom stereocenters. The van der Waals surface area contributed by atoms with Crippen LogP contribution in [0.15, 0.2) is 30.3 Å². The van der Waals surface area contributed by atoms with Gasteiger partial charge in [0.1, 0.15) is 0 Å². The molecule has 1 aromatic rings. The molecule has 0 bridgehead atoms. The van der Waals surface area contributed by atoms with Crippen LogP contribution in [-0.4, -0.2) is 41.4 Å². The zero-order valence-corrected chi connectivity index (χ0v) is 13.0. The van der Waals surface area contributed by atoms with Gasteiger partial charge in [-0.05, 0) is 12.0 Å². The molecule has 1 fully saturated rings. The number of carbonyl (C=O) groups is 4. The van der Waals surface area contributed by atoms with Crippen LogP contribution < -0.4 is 5.32 Å². The van der Waals surface area contributed by atoms with E-state index in [0.717, 1.165) is 10.5 Å². The van der Waals surface area contributed by atoms with Crippen molar-refractivity contribution in [2.75, 3.05) is 7.05 Å². The third kappa shape index (κ3) is 3.23. The van der Waals surface area contributed by atoms with Crippen LogP contribution in [0.1, 0.15) is 25.3 Å². The van der Waals surface area contributed by atoms with Crippen LogP contribution in [0, 0.1) is 0 Å². The summed E-state index contributed by atoms with van der Waals surface area (Å²) in [5.41, 5.74) is -1.12. The summed E-state index contributed by atoms with van der Waals surface area (Å²) in [5.74, 6) is -2.41. The summed E-state index contributed by atoms with van der Waals surface area (Å²) < 4.78 is 5.20. The molecule has 7 heteroatoms. The molecule has 23 heavy (non-hydrogen) atoms. The van der Waals surface area contributed by atoms with Crippen molar-refractivity contribution in [2.24, 2.45) is 0 Å². The Balaban J connectivity index is 2.31. The van der Waals surface area contributed by atoms with Gasteiger partial charge < -0.3 is 4.74 Å². The van der Waals surface area contributed by atoms with E-state index in [0.29, 0.717) is 6.42 Å². The van der Waals surface area contributed by atoms with Gasteiger partial charge >= 0.3 is 12.0 Å². The summed E-state index contributed by atoms with van der Waals surface area (Å²) in [6.07, 6.45) is 0.329. The molecule has 1 aliphatic rings. The molecule has 4 amide bonds. The molecule has 1 aromatic carbocycles. The van der Waals surface area contributed by atoms with Crippen molar-refractivity contribution in [3.05, 3.63) is 35.9 Å². The molecule has 0 radical (unpaired) electrons. The van der Waals surface area contributed by atoms with Gasteiger partial charge in [0.15, 0.2) is 0 Å². The molecule has 0 spiro atoms. The third-order valence-electron chi connectivity index (χ3n) is 3.73. The van der Waals surface area contributed by atoms with Crippen LogP contribution >= 0.6 is 0 Å². The fourth-order valence-electron chi connectivity index (χ4n) is 2.34. The number of carbonyl (C=O) groups excluding carboxylic acids is 4. The number of benzene rings is 1. The minimum absolute atomic E-state index is 0.0192. The number of aryl methyl sites for hydroxylation is 1. The number of ether oxygens (including phenoxy) is 1. The lowest BCUT2D eigenvalue weighted by atomic mass is 9.90. The number of likely N-dealkylation sites (N-methyl/N-ethyl adjacent to an activating group) is 1. The topological polar surface area (TPSA) is 92.8 Å². The first-order valence-corrected chi connectivity index (χ1v) is 7.30. The number of hydrogen-bond donors (Lipinski definition) is 1. The zero-order valence-electron chi connectivity index (χ0n) is 13.0. The normalized spacial score (nSPS) is 21.1. The number of nitrogens with zero attached hydrogens (tertiary/aromatic N) is 1. The van der Waals surface area contributed by atoms with Crippen LogP contribution in [0.25, 0.3) is 0 Å². The Hall–Kier alpha value is -2.70. The smallest absolute Gasteiger partial charge is 0.330 e. The van der Waals surface area contributed by atoms with Crippen molar-refractivity contribution >= 4 is 23.8 Å². The molecule has 1 N–H and O–H groups in total. The fourth-order valence-corrected chi connectivity index (χ4v) is 2.34. The van der Waals surface area contributed by atoms with Crippen molar-refractivity contribution in [1.29, 1.82) is 0 Å². The highest BCUT2D eigenvalue weighted by molar-refractivity contribution is 6.22. The molecule has 7 nitrogen and oxygen atoms in total. The second-order valence-corrected chi connectivity index (χ2v) is 5.26. The van der Waals surface area contributed by atoms with E-state index < -0.39 is 29.4 Å². The maximum absolute atomic E-state index is 12.5. The van der Waals surface area contributed by atoms with E-state index in [-0.39, 0.29) is 12.8 Å². The minimum Gasteiger partial charge on any atom is -0.439 e. The van der Waals surface area contributed by atoms with E-state index in [2.05, 4.69) is 5.32 Å². The second kappa shape index (κ2) is 6.60. The number of urea groups is 1. The fraction of sp³-hybridized carbons (Fsp3) is 0.375. The Bertz CT molecular complexity index is 643. The highest BCUT2D eigenvalue weighted by atomic mass is 16.6. The Morgan fingerprint density at radius 1 is 1.22 bits per heavy atom. The summed E-state index contributed by atoms with van der Waals surface area (Å²) in [7, 11) is 1.24. The monoisotopic (exact) mass is 318 g/mol. The van der Waals surface area contributed by atoms with Crippen LogP contribution in [0.5, 0.6) is 0 Å². The van der Waals surface area contributed by atoms with Gasteiger partial charge in [-0.25, -0.2) is 4.79 Å². The van der Waals surface area contributed by atoms with Gasteiger partial charge in [0.25, 0.3) is 17.4 Å². The Morgan fingerprint density at radius 3 is 2.48 bits per heavy atom. The quantitative estimate of drug-likeness (QED) is 0.646. The molecular weight excluding hydrogens is 300 g/mol. The standard InChI is InChI=1S/C16H18N2O5/c1-3-12(19)23-16(10-9-11-7-5-4-6-8-11)13(20)17-15(22)18(2)14(16)21/h4-8H,3,9-10H2,1-2H3,(H,17,20,22). The van der Waals surface area contributed by atoms with Crippen molar-refractivity contribution < 1.29 is 23.9 Å². The predicted molar refractivity (Wildman–Crippen MR) is 80.2 cm³/mol. The van der Waals surface area contributed by atoms with Gasteiger partial charge in [0, 0.05) is 19.9 Å². The van der Waals surface area contributed by atoms with E-state index in [9.17, 15) is 19.2 Å². The maximum Gasteiger partial charge on any atom is 0.330 e. The van der Waals surface area contributed by atoms with Crippen molar-refractivity contribution in [2.45, 2.75) is 31.8 Å².